The number of carbonyl (C=O) groups is 2. The molecule has 1 unspecified atom stereocenters. The van der Waals surface area contributed by atoms with E-state index in [9.17, 15) is 9.59 Å². The minimum absolute atomic E-state index is 0.0446. The first-order valence-corrected chi connectivity index (χ1v) is 9.35. The van der Waals surface area contributed by atoms with Gasteiger partial charge >= 0.3 is 0 Å². The Labute approximate surface area is 162 Å². The van der Waals surface area contributed by atoms with Gasteiger partial charge in [0.05, 0.1) is 11.6 Å². The van der Waals surface area contributed by atoms with Gasteiger partial charge in [-0.3, -0.25) is 14.0 Å². The fourth-order valence-corrected chi connectivity index (χ4v) is 3.37. The molecule has 7 nitrogen and oxygen atoms in total. The van der Waals surface area contributed by atoms with Gasteiger partial charge in [0.25, 0.3) is 11.8 Å². The zero-order valence-electron chi connectivity index (χ0n) is 15.7. The molecule has 0 radical (unpaired) electrons. The van der Waals surface area contributed by atoms with Crippen LogP contribution in [0.25, 0.3) is 5.52 Å². The molecule has 1 aromatic carbocycles. The van der Waals surface area contributed by atoms with Crippen LogP contribution in [0.15, 0.2) is 54.7 Å². The Morgan fingerprint density at radius 3 is 2.75 bits per heavy atom. The summed E-state index contributed by atoms with van der Waals surface area (Å²) in [5.41, 5.74) is 1.59. The van der Waals surface area contributed by atoms with Crippen LogP contribution >= 0.6 is 0 Å². The first-order chi connectivity index (χ1) is 13.6. The molecule has 0 saturated carbocycles. The van der Waals surface area contributed by atoms with E-state index in [2.05, 4.69) is 10.3 Å². The van der Waals surface area contributed by atoms with E-state index in [-0.39, 0.29) is 29.4 Å². The van der Waals surface area contributed by atoms with Crippen LogP contribution in [0.2, 0.25) is 0 Å². The second-order valence-electron chi connectivity index (χ2n) is 6.78. The lowest BCUT2D eigenvalue weighted by Gasteiger charge is -2.16. The third-order valence-electron chi connectivity index (χ3n) is 4.92. The first-order valence-electron chi connectivity index (χ1n) is 9.35. The second-order valence-corrected chi connectivity index (χ2v) is 6.78. The largest absolute Gasteiger partial charge is 0.376 e. The van der Waals surface area contributed by atoms with Crippen molar-refractivity contribution in [2.75, 3.05) is 25.1 Å². The van der Waals surface area contributed by atoms with Crippen molar-refractivity contribution in [3.05, 3.63) is 66.2 Å². The zero-order valence-corrected chi connectivity index (χ0v) is 15.7. The van der Waals surface area contributed by atoms with Crippen molar-refractivity contribution in [3.63, 3.8) is 0 Å². The summed E-state index contributed by atoms with van der Waals surface area (Å²) in [5, 5.41) is 2.88. The molecule has 7 heteroatoms. The van der Waals surface area contributed by atoms with E-state index in [1.807, 2.05) is 42.5 Å². The van der Waals surface area contributed by atoms with Crippen molar-refractivity contribution >= 4 is 23.0 Å². The van der Waals surface area contributed by atoms with Crippen molar-refractivity contribution in [2.24, 2.45) is 0 Å². The van der Waals surface area contributed by atoms with Crippen molar-refractivity contribution in [1.82, 2.24) is 14.7 Å². The minimum Gasteiger partial charge on any atom is -0.376 e. The van der Waals surface area contributed by atoms with Crippen LogP contribution in [0.5, 0.6) is 0 Å². The number of hydrogen-bond acceptors (Lipinski definition) is 4. The number of carbonyl (C=O) groups excluding carboxylic acids is 2. The number of nitrogens with zero attached hydrogens (tertiary/aromatic N) is 3. The molecule has 1 aliphatic heterocycles. The lowest BCUT2D eigenvalue weighted by Crippen LogP contribution is -2.32. The van der Waals surface area contributed by atoms with Gasteiger partial charge in [0.15, 0.2) is 5.69 Å². The first kappa shape index (κ1) is 18.2. The van der Waals surface area contributed by atoms with Crippen molar-refractivity contribution in [3.8, 4) is 0 Å². The summed E-state index contributed by atoms with van der Waals surface area (Å²) in [6.45, 7) is 1.18. The van der Waals surface area contributed by atoms with Gasteiger partial charge in [-0.15, -0.1) is 0 Å². The highest BCUT2D eigenvalue weighted by atomic mass is 16.5. The van der Waals surface area contributed by atoms with E-state index in [0.29, 0.717) is 12.1 Å². The maximum atomic E-state index is 13.1. The van der Waals surface area contributed by atoms with Crippen LogP contribution in [-0.4, -0.2) is 47.5 Å². The fraction of sp³-hybridized carbons (Fsp3) is 0.286. The number of aromatic nitrogens is 2. The van der Waals surface area contributed by atoms with Gasteiger partial charge in [-0.1, -0.05) is 24.3 Å². The van der Waals surface area contributed by atoms with E-state index in [0.717, 1.165) is 25.1 Å². The molecule has 3 aromatic rings. The molecule has 0 spiro atoms. The van der Waals surface area contributed by atoms with Crippen LogP contribution in [-0.2, 0) is 4.74 Å². The second kappa shape index (κ2) is 7.82. The molecule has 144 valence electrons. The van der Waals surface area contributed by atoms with E-state index in [4.69, 9.17) is 4.74 Å². The Bertz CT molecular complexity index is 993. The highest BCUT2D eigenvalue weighted by Gasteiger charge is 2.25. The molecule has 1 aliphatic rings. The van der Waals surface area contributed by atoms with Gasteiger partial charge in [-0.2, -0.15) is 0 Å². The normalized spacial score (nSPS) is 16.2. The summed E-state index contributed by atoms with van der Waals surface area (Å²) < 4.78 is 7.20. The van der Waals surface area contributed by atoms with E-state index in [1.165, 1.54) is 4.90 Å². The SMILES string of the molecule is CN(C(=O)c1nc(C(=O)NCC2CCCO2)c2ccccn12)c1ccccc1. The Balaban J connectivity index is 1.62. The van der Waals surface area contributed by atoms with E-state index >= 15 is 0 Å². The Morgan fingerprint density at radius 1 is 1.21 bits per heavy atom. The van der Waals surface area contributed by atoms with Gasteiger partial charge in [0, 0.05) is 32.1 Å². The number of anilines is 1. The predicted molar refractivity (Wildman–Crippen MR) is 106 cm³/mol. The smallest absolute Gasteiger partial charge is 0.294 e. The van der Waals surface area contributed by atoms with E-state index < -0.39 is 0 Å². The summed E-state index contributed by atoms with van der Waals surface area (Å²) in [7, 11) is 1.69. The summed E-state index contributed by atoms with van der Waals surface area (Å²) >= 11 is 0. The average Bonchev–Trinajstić information content (AvgIpc) is 3.39. The van der Waals surface area contributed by atoms with Crippen LogP contribution in [0.3, 0.4) is 0 Å². The molecular weight excluding hydrogens is 356 g/mol. The molecule has 1 atom stereocenters. The number of hydrogen-bond donors (Lipinski definition) is 1. The van der Waals surface area contributed by atoms with Crippen LogP contribution in [0.1, 0.15) is 33.9 Å². The maximum absolute atomic E-state index is 13.1. The Hall–Kier alpha value is -3.19. The molecule has 3 heterocycles. The maximum Gasteiger partial charge on any atom is 0.294 e. The third kappa shape index (κ3) is 3.48. The Kier molecular flexibility index (Phi) is 5.08. The molecular formula is C21H22N4O3. The predicted octanol–water partition coefficient (Wildman–Crippen LogP) is 2.52. The lowest BCUT2D eigenvalue weighted by atomic mass is 10.2. The van der Waals surface area contributed by atoms with Crippen molar-refractivity contribution in [1.29, 1.82) is 0 Å². The lowest BCUT2D eigenvalue weighted by molar-refractivity contribution is 0.0855. The minimum atomic E-state index is -0.305. The number of benzene rings is 1. The molecule has 1 fully saturated rings. The number of para-hydroxylation sites is 1. The molecule has 2 amide bonds. The molecule has 1 N–H and O–H groups in total. The number of rotatable bonds is 5. The van der Waals surface area contributed by atoms with Crippen LogP contribution in [0.4, 0.5) is 5.69 Å². The van der Waals surface area contributed by atoms with Gasteiger partial charge in [0.2, 0.25) is 5.82 Å². The van der Waals surface area contributed by atoms with Crippen LogP contribution < -0.4 is 10.2 Å². The van der Waals surface area contributed by atoms with Gasteiger partial charge < -0.3 is 15.0 Å². The number of imidazole rings is 1. The molecule has 28 heavy (non-hydrogen) atoms. The van der Waals surface area contributed by atoms with Gasteiger partial charge in [0.1, 0.15) is 0 Å². The highest BCUT2D eigenvalue weighted by Crippen LogP contribution is 2.18. The quantitative estimate of drug-likeness (QED) is 0.740. The number of pyridine rings is 1. The molecule has 0 bridgehead atoms. The monoisotopic (exact) mass is 378 g/mol. The summed E-state index contributed by atoms with van der Waals surface area (Å²) in [6.07, 6.45) is 3.74. The van der Waals surface area contributed by atoms with E-state index in [1.54, 1.807) is 23.7 Å². The topological polar surface area (TPSA) is 75.9 Å². The number of nitrogens with one attached hydrogen (secondary N) is 1. The molecule has 4 rings (SSSR count). The summed E-state index contributed by atoms with van der Waals surface area (Å²) in [6, 6.07) is 14.7. The summed E-state index contributed by atoms with van der Waals surface area (Å²) in [4.78, 5) is 31.7. The van der Waals surface area contributed by atoms with Crippen LogP contribution in [0, 0.1) is 0 Å². The third-order valence-corrected chi connectivity index (χ3v) is 4.92. The summed E-state index contributed by atoms with van der Waals surface area (Å²) in [5.74, 6) is -0.393. The highest BCUT2D eigenvalue weighted by molar-refractivity contribution is 6.07. The average molecular weight is 378 g/mol. The van der Waals surface area contributed by atoms with Gasteiger partial charge in [-0.25, -0.2) is 4.98 Å². The van der Waals surface area contributed by atoms with Gasteiger partial charge in [-0.05, 0) is 37.1 Å². The molecule has 0 aliphatic carbocycles. The number of fused-ring (bicyclic) bond motifs is 1. The molecule has 1 saturated heterocycles. The number of amides is 2. The Morgan fingerprint density at radius 2 is 2.00 bits per heavy atom. The zero-order chi connectivity index (χ0) is 19.5. The van der Waals surface area contributed by atoms with Crippen molar-refractivity contribution in [2.45, 2.75) is 18.9 Å². The van der Waals surface area contributed by atoms with Crippen molar-refractivity contribution < 1.29 is 14.3 Å². The molecule has 2 aromatic heterocycles. The fourth-order valence-electron chi connectivity index (χ4n) is 3.37. The number of ether oxygens (including phenoxy) is 1. The standard InChI is InChI=1S/C21H22N4O3/c1-24(15-8-3-2-4-9-15)21(27)19-23-18(17-11-5-6-12-25(17)19)20(26)22-14-16-10-7-13-28-16/h2-6,8-9,11-12,16H,7,10,13-14H2,1H3,(H,22,26).